The highest BCUT2D eigenvalue weighted by Gasteiger charge is 2.32. The highest BCUT2D eigenvalue weighted by molar-refractivity contribution is 5.95. The standard InChI is InChI=1S/C31H31FN4O7/c1-4-41-30(38)28-19(2)34-31(39)35-29(28)20-13-14-25(26(15-20)40-3)43-18-27(37)36-33-16-21-9-6-8-12-24(21)42-17-22-10-5-7-11-23(22)32/h5-16,29H,4,17-18H2,1-3H3,(H,36,37)(H2,34,35,39)/b33-16-/t29-/m1/s1. The van der Waals surface area contributed by atoms with Crippen molar-refractivity contribution >= 4 is 24.1 Å². The van der Waals surface area contributed by atoms with Gasteiger partial charge in [0.1, 0.15) is 18.2 Å². The smallest absolute Gasteiger partial charge is 0.338 e. The molecule has 3 N–H and O–H groups in total. The van der Waals surface area contributed by atoms with Gasteiger partial charge < -0.3 is 29.6 Å². The number of rotatable bonds is 12. The van der Waals surface area contributed by atoms with E-state index in [1.165, 1.54) is 19.4 Å². The number of nitrogens with one attached hydrogen (secondary N) is 3. The summed E-state index contributed by atoms with van der Waals surface area (Å²) in [7, 11) is 1.43. The maximum absolute atomic E-state index is 13.9. The Bertz CT molecular complexity index is 1560. The van der Waals surface area contributed by atoms with Gasteiger partial charge in [-0.2, -0.15) is 5.10 Å². The second-order valence-electron chi connectivity index (χ2n) is 9.20. The van der Waals surface area contributed by atoms with Gasteiger partial charge >= 0.3 is 12.0 Å². The molecular weight excluding hydrogens is 559 g/mol. The molecule has 0 bridgehead atoms. The minimum atomic E-state index is -0.785. The molecule has 43 heavy (non-hydrogen) atoms. The van der Waals surface area contributed by atoms with E-state index in [-0.39, 0.29) is 42.7 Å². The topological polar surface area (TPSA) is 137 Å². The van der Waals surface area contributed by atoms with Crippen molar-refractivity contribution < 1.29 is 37.7 Å². The highest BCUT2D eigenvalue weighted by atomic mass is 19.1. The average molecular weight is 591 g/mol. The minimum Gasteiger partial charge on any atom is -0.493 e. The zero-order chi connectivity index (χ0) is 30.8. The molecule has 0 aromatic heterocycles. The predicted octanol–water partition coefficient (Wildman–Crippen LogP) is 4.13. The number of methoxy groups -OCH3 is 1. The van der Waals surface area contributed by atoms with Gasteiger partial charge in [0.25, 0.3) is 5.91 Å². The van der Waals surface area contributed by atoms with Gasteiger partial charge in [0.15, 0.2) is 18.1 Å². The molecule has 0 radical (unpaired) electrons. The normalized spacial score (nSPS) is 14.5. The van der Waals surface area contributed by atoms with E-state index in [9.17, 15) is 18.8 Å². The van der Waals surface area contributed by atoms with Crippen LogP contribution >= 0.6 is 0 Å². The Morgan fingerprint density at radius 3 is 2.56 bits per heavy atom. The maximum atomic E-state index is 13.9. The fourth-order valence-corrected chi connectivity index (χ4v) is 4.25. The van der Waals surface area contributed by atoms with Gasteiger partial charge in [0, 0.05) is 16.8 Å². The Hall–Kier alpha value is -5.39. The van der Waals surface area contributed by atoms with Crippen molar-refractivity contribution in [2.45, 2.75) is 26.5 Å². The van der Waals surface area contributed by atoms with Crippen LogP contribution in [-0.2, 0) is 20.9 Å². The van der Waals surface area contributed by atoms with Crippen LogP contribution in [0.5, 0.6) is 17.2 Å². The first-order valence-electron chi connectivity index (χ1n) is 13.3. The molecule has 0 aliphatic carbocycles. The Kier molecular flexibility index (Phi) is 10.3. The third-order valence-electron chi connectivity index (χ3n) is 6.30. The van der Waals surface area contributed by atoms with Gasteiger partial charge in [0.2, 0.25) is 0 Å². The van der Waals surface area contributed by atoms with E-state index in [2.05, 4.69) is 21.2 Å². The summed E-state index contributed by atoms with van der Waals surface area (Å²) < 4.78 is 35.9. The van der Waals surface area contributed by atoms with Crippen LogP contribution in [0.15, 0.2) is 83.1 Å². The van der Waals surface area contributed by atoms with Crippen LogP contribution in [0.3, 0.4) is 0 Å². The van der Waals surface area contributed by atoms with Crippen molar-refractivity contribution in [3.63, 3.8) is 0 Å². The van der Waals surface area contributed by atoms with Gasteiger partial charge in [0.05, 0.1) is 31.5 Å². The number of para-hydroxylation sites is 1. The molecule has 1 aliphatic rings. The van der Waals surface area contributed by atoms with Crippen LogP contribution in [0.2, 0.25) is 0 Å². The first kappa shape index (κ1) is 30.6. The summed E-state index contributed by atoms with van der Waals surface area (Å²) in [4.78, 5) is 37.2. The molecule has 1 aliphatic heterocycles. The molecule has 0 saturated carbocycles. The lowest BCUT2D eigenvalue weighted by atomic mass is 9.95. The lowest BCUT2D eigenvalue weighted by molar-refractivity contribution is -0.139. The summed E-state index contributed by atoms with van der Waals surface area (Å²) in [6.07, 6.45) is 1.41. The van der Waals surface area contributed by atoms with Gasteiger partial charge in [-0.1, -0.05) is 36.4 Å². The fraction of sp³-hybridized carbons (Fsp3) is 0.226. The van der Waals surface area contributed by atoms with E-state index >= 15 is 0 Å². The molecular formula is C31H31FN4O7. The molecule has 0 fully saturated rings. The number of halogens is 1. The molecule has 0 unspecified atom stereocenters. The van der Waals surface area contributed by atoms with Crippen LogP contribution in [0.4, 0.5) is 9.18 Å². The summed E-state index contributed by atoms with van der Waals surface area (Å²) in [6.45, 7) is 3.13. The van der Waals surface area contributed by atoms with Crippen LogP contribution in [0.25, 0.3) is 0 Å². The van der Waals surface area contributed by atoms with E-state index < -0.39 is 23.9 Å². The SMILES string of the molecule is CCOC(=O)C1=C(C)NC(=O)N[C@@H]1c1ccc(OCC(=O)N/N=C\c2ccccc2OCc2ccccc2F)c(OC)c1. The summed E-state index contributed by atoms with van der Waals surface area (Å²) >= 11 is 0. The molecule has 3 aromatic rings. The zero-order valence-electron chi connectivity index (χ0n) is 23.8. The number of ether oxygens (including phenoxy) is 4. The summed E-state index contributed by atoms with van der Waals surface area (Å²) in [5, 5.41) is 9.28. The largest absolute Gasteiger partial charge is 0.493 e. The number of carbonyl (C=O) groups excluding carboxylic acids is 3. The van der Waals surface area contributed by atoms with Crippen molar-refractivity contribution in [1.29, 1.82) is 0 Å². The monoisotopic (exact) mass is 590 g/mol. The minimum absolute atomic E-state index is 0.0301. The van der Waals surface area contributed by atoms with Crippen LogP contribution < -0.4 is 30.3 Å². The Balaban J connectivity index is 1.37. The van der Waals surface area contributed by atoms with Gasteiger partial charge in [-0.15, -0.1) is 0 Å². The first-order chi connectivity index (χ1) is 20.8. The Labute approximate surface area is 247 Å². The molecule has 11 nitrogen and oxygen atoms in total. The molecule has 0 saturated heterocycles. The lowest BCUT2D eigenvalue weighted by Gasteiger charge is -2.28. The van der Waals surface area contributed by atoms with Gasteiger partial charge in [-0.3, -0.25) is 4.79 Å². The van der Waals surface area contributed by atoms with Crippen molar-refractivity contribution in [2.24, 2.45) is 5.10 Å². The molecule has 1 heterocycles. The van der Waals surface area contributed by atoms with Crippen molar-refractivity contribution in [1.82, 2.24) is 16.1 Å². The fourth-order valence-electron chi connectivity index (χ4n) is 4.25. The number of hydrazone groups is 1. The van der Waals surface area contributed by atoms with Crippen molar-refractivity contribution in [2.75, 3.05) is 20.3 Å². The van der Waals surface area contributed by atoms with Crippen LogP contribution in [-0.4, -0.2) is 44.4 Å². The lowest BCUT2D eigenvalue weighted by Crippen LogP contribution is -2.45. The summed E-state index contributed by atoms with van der Waals surface area (Å²) in [5.74, 6) is -0.460. The molecule has 1 atom stereocenters. The number of carbonyl (C=O) groups is 3. The Morgan fingerprint density at radius 1 is 1.02 bits per heavy atom. The van der Waals surface area contributed by atoms with E-state index in [0.717, 1.165) is 0 Å². The van der Waals surface area contributed by atoms with E-state index in [4.69, 9.17) is 18.9 Å². The third kappa shape index (κ3) is 7.88. The number of allylic oxidation sites excluding steroid dienone is 1. The second-order valence-corrected chi connectivity index (χ2v) is 9.20. The van der Waals surface area contributed by atoms with E-state index in [1.807, 2.05) is 0 Å². The number of urea groups is 1. The summed E-state index contributed by atoms with van der Waals surface area (Å²) in [5.41, 5.74) is 4.56. The van der Waals surface area contributed by atoms with E-state index in [1.54, 1.807) is 74.5 Å². The number of nitrogens with zero attached hydrogens (tertiary/aromatic N) is 1. The molecule has 12 heteroatoms. The number of hydrogen-bond donors (Lipinski definition) is 3. The van der Waals surface area contributed by atoms with Crippen LogP contribution in [0, 0.1) is 5.82 Å². The zero-order valence-corrected chi connectivity index (χ0v) is 23.8. The van der Waals surface area contributed by atoms with Gasteiger partial charge in [-0.05, 0) is 49.7 Å². The predicted molar refractivity (Wildman–Crippen MR) is 155 cm³/mol. The first-order valence-corrected chi connectivity index (χ1v) is 13.3. The van der Waals surface area contributed by atoms with E-state index in [0.29, 0.717) is 28.1 Å². The van der Waals surface area contributed by atoms with Crippen molar-refractivity contribution in [3.05, 3.63) is 101 Å². The average Bonchev–Trinajstić information content (AvgIpc) is 2.99. The summed E-state index contributed by atoms with van der Waals surface area (Å²) in [6, 6.07) is 16.9. The quantitative estimate of drug-likeness (QED) is 0.164. The molecule has 3 amide bonds. The van der Waals surface area contributed by atoms with Crippen molar-refractivity contribution in [3.8, 4) is 17.2 Å². The Morgan fingerprint density at radius 2 is 1.79 bits per heavy atom. The van der Waals surface area contributed by atoms with Crippen LogP contribution in [0.1, 0.15) is 36.6 Å². The maximum Gasteiger partial charge on any atom is 0.338 e. The highest BCUT2D eigenvalue weighted by Crippen LogP contribution is 2.34. The molecule has 4 rings (SSSR count). The third-order valence-corrected chi connectivity index (χ3v) is 6.30. The molecule has 3 aromatic carbocycles. The van der Waals surface area contributed by atoms with Gasteiger partial charge in [-0.25, -0.2) is 19.4 Å². The number of benzene rings is 3. The number of amides is 3. The second kappa shape index (κ2) is 14.5. The number of hydrogen-bond acceptors (Lipinski definition) is 8. The number of esters is 1. The molecule has 224 valence electrons. The molecule has 0 spiro atoms.